The van der Waals surface area contributed by atoms with Gasteiger partial charge in [0.05, 0.1) is 0 Å². The first kappa shape index (κ1) is 12.8. The van der Waals surface area contributed by atoms with Crippen LogP contribution in [-0.2, 0) is 4.79 Å². The van der Waals surface area contributed by atoms with Crippen LogP contribution in [0, 0.1) is 0 Å². The number of allylic oxidation sites excluding steroid dienone is 1. The number of aliphatic carboxylic acids is 1. The molecule has 0 fully saturated rings. The van der Waals surface area contributed by atoms with E-state index in [0.717, 1.165) is 19.8 Å². The van der Waals surface area contributed by atoms with Crippen LogP contribution in [0.1, 0.15) is 26.7 Å². The molecule has 3 heteroatoms. The van der Waals surface area contributed by atoms with Crippen LogP contribution in [-0.4, -0.2) is 22.8 Å². The summed E-state index contributed by atoms with van der Waals surface area (Å²) in [4.78, 5) is 9.00. The summed E-state index contributed by atoms with van der Waals surface area (Å²) in [5.74, 6) is -0.833. The molecule has 0 unspecified atom stereocenters. The van der Waals surface area contributed by atoms with E-state index in [-0.39, 0.29) is 6.61 Å². The van der Waals surface area contributed by atoms with Gasteiger partial charge >= 0.3 is 0 Å². The normalized spacial score (nSPS) is 9.00. The van der Waals surface area contributed by atoms with Crippen molar-refractivity contribution in [2.45, 2.75) is 26.7 Å². The molecular weight excluding hydrogens is 144 g/mol. The number of hydrogen-bond acceptors (Lipinski definition) is 2. The molecule has 0 aromatic heterocycles. The summed E-state index contributed by atoms with van der Waals surface area (Å²) in [6.45, 7) is 3.43. The Balaban J connectivity index is 0. The molecule has 0 saturated carbocycles. The Kier molecular flexibility index (Phi) is 13.9. The highest BCUT2D eigenvalue weighted by atomic mass is 16.4. The predicted molar refractivity (Wildman–Crippen MR) is 44.4 cm³/mol. The molecule has 2 N–H and O–H groups in total. The maximum atomic E-state index is 9.00. The van der Waals surface area contributed by atoms with Gasteiger partial charge in [0.15, 0.2) is 0 Å². The third-order valence-electron chi connectivity index (χ3n) is 0.698. The summed E-state index contributed by atoms with van der Waals surface area (Å²) in [6, 6.07) is 0. The van der Waals surface area contributed by atoms with Crippen LogP contribution in [0.15, 0.2) is 12.2 Å². The Morgan fingerprint density at radius 3 is 2.18 bits per heavy atom. The second kappa shape index (κ2) is 11.9. The summed E-state index contributed by atoms with van der Waals surface area (Å²) < 4.78 is 0. The number of aliphatic hydroxyl groups excluding tert-OH is 1. The highest BCUT2D eigenvalue weighted by Crippen LogP contribution is 1.82. The van der Waals surface area contributed by atoms with Crippen LogP contribution in [0.4, 0.5) is 0 Å². The topological polar surface area (TPSA) is 57.5 Å². The molecule has 0 aromatic carbocycles. The van der Waals surface area contributed by atoms with Gasteiger partial charge in [-0.3, -0.25) is 4.79 Å². The quantitative estimate of drug-likeness (QED) is 0.614. The van der Waals surface area contributed by atoms with E-state index < -0.39 is 5.97 Å². The van der Waals surface area contributed by atoms with E-state index in [1.54, 1.807) is 0 Å². The lowest BCUT2D eigenvalue weighted by atomic mass is 10.3. The van der Waals surface area contributed by atoms with Crippen molar-refractivity contribution in [3.63, 3.8) is 0 Å². The standard InChI is InChI=1S/C6H12O.C2H4O2/c1-2-3-4-5-6-7;1-2(3)4/h3-4,7H,2,5-6H2,1H3;1H3,(H,3,4). The summed E-state index contributed by atoms with van der Waals surface area (Å²) >= 11 is 0. The van der Waals surface area contributed by atoms with Gasteiger partial charge in [0.2, 0.25) is 0 Å². The number of carboxylic acid groups (broad SMARTS) is 1. The zero-order valence-electron chi connectivity index (χ0n) is 7.08. The van der Waals surface area contributed by atoms with Crippen molar-refractivity contribution in [1.29, 1.82) is 0 Å². The van der Waals surface area contributed by atoms with E-state index in [0.29, 0.717) is 0 Å². The van der Waals surface area contributed by atoms with Crippen LogP contribution in [0.3, 0.4) is 0 Å². The van der Waals surface area contributed by atoms with Gasteiger partial charge in [-0.05, 0) is 12.8 Å². The van der Waals surface area contributed by atoms with Gasteiger partial charge in [0, 0.05) is 13.5 Å². The van der Waals surface area contributed by atoms with E-state index in [1.165, 1.54) is 0 Å². The van der Waals surface area contributed by atoms with Crippen molar-refractivity contribution in [3.8, 4) is 0 Å². The van der Waals surface area contributed by atoms with E-state index in [9.17, 15) is 0 Å². The third kappa shape index (κ3) is 46.9. The Morgan fingerprint density at radius 2 is 1.91 bits per heavy atom. The number of aliphatic hydroxyl groups is 1. The monoisotopic (exact) mass is 160 g/mol. The van der Waals surface area contributed by atoms with Crippen LogP contribution < -0.4 is 0 Å². The minimum absolute atomic E-state index is 0.274. The molecule has 0 bridgehead atoms. The number of carbonyl (C=O) groups is 1. The molecule has 0 amide bonds. The van der Waals surface area contributed by atoms with Crippen LogP contribution in [0.5, 0.6) is 0 Å². The molecule has 11 heavy (non-hydrogen) atoms. The highest BCUT2D eigenvalue weighted by Gasteiger charge is 1.69. The van der Waals surface area contributed by atoms with E-state index in [1.807, 2.05) is 6.08 Å². The zero-order valence-corrected chi connectivity index (χ0v) is 7.08. The molecule has 0 radical (unpaired) electrons. The van der Waals surface area contributed by atoms with Crippen LogP contribution in [0.2, 0.25) is 0 Å². The first-order valence-electron chi connectivity index (χ1n) is 3.60. The summed E-state index contributed by atoms with van der Waals surface area (Å²) in [5.41, 5.74) is 0. The largest absolute Gasteiger partial charge is 0.481 e. The average molecular weight is 160 g/mol. The molecule has 3 nitrogen and oxygen atoms in total. The van der Waals surface area contributed by atoms with Crippen molar-refractivity contribution >= 4 is 5.97 Å². The smallest absolute Gasteiger partial charge is 0.300 e. The SMILES string of the molecule is CC(=O)O.CCC=CCCO. The van der Waals surface area contributed by atoms with Gasteiger partial charge in [0.1, 0.15) is 0 Å². The van der Waals surface area contributed by atoms with Crippen molar-refractivity contribution in [1.82, 2.24) is 0 Å². The fraction of sp³-hybridized carbons (Fsp3) is 0.625. The molecule has 0 aliphatic heterocycles. The van der Waals surface area contributed by atoms with Gasteiger partial charge in [-0.2, -0.15) is 0 Å². The second-order valence-electron chi connectivity index (χ2n) is 1.91. The van der Waals surface area contributed by atoms with Crippen molar-refractivity contribution in [3.05, 3.63) is 12.2 Å². The molecular formula is C8H16O3. The van der Waals surface area contributed by atoms with Gasteiger partial charge in [-0.25, -0.2) is 0 Å². The minimum atomic E-state index is -0.833. The predicted octanol–water partition coefficient (Wildman–Crippen LogP) is 1.43. The highest BCUT2D eigenvalue weighted by molar-refractivity contribution is 5.62. The summed E-state index contributed by atoms with van der Waals surface area (Å²) in [6.07, 6.45) is 5.91. The Labute approximate surface area is 67.4 Å². The Morgan fingerprint density at radius 1 is 1.45 bits per heavy atom. The van der Waals surface area contributed by atoms with Crippen molar-refractivity contribution < 1.29 is 15.0 Å². The second-order valence-corrected chi connectivity index (χ2v) is 1.91. The Hall–Kier alpha value is -0.830. The molecule has 0 spiro atoms. The number of rotatable bonds is 3. The molecule has 0 rings (SSSR count). The van der Waals surface area contributed by atoms with Crippen LogP contribution >= 0.6 is 0 Å². The molecule has 0 aliphatic carbocycles. The fourth-order valence-electron chi connectivity index (χ4n) is 0.359. The van der Waals surface area contributed by atoms with E-state index >= 15 is 0 Å². The first-order chi connectivity index (χ1) is 5.15. The minimum Gasteiger partial charge on any atom is -0.481 e. The molecule has 0 aromatic rings. The van der Waals surface area contributed by atoms with Gasteiger partial charge in [0.25, 0.3) is 5.97 Å². The van der Waals surface area contributed by atoms with E-state index in [4.69, 9.17) is 15.0 Å². The molecule has 0 aliphatic rings. The van der Waals surface area contributed by atoms with E-state index in [2.05, 4.69) is 13.0 Å². The summed E-state index contributed by atoms with van der Waals surface area (Å²) in [7, 11) is 0. The van der Waals surface area contributed by atoms with Gasteiger partial charge in [-0.15, -0.1) is 0 Å². The Bertz CT molecular complexity index is 104. The average Bonchev–Trinajstić information content (AvgIpc) is 1.88. The first-order valence-corrected chi connectivity index (χ1v) is 3.60. The van der Waals surface area contributed by atoms with Gasteiger partial charge in [-0.1, -0.05) is 19.1 Å². The molecule has 0 atom stereocenters. The van der Waals surface area contributed by atoms with Crippen LogP contribution in [0.25, 0.3) is 0 Å². The maximum Gasteiger partial charge on any atom is 0.300 e. The summed E-state index contributed by atoms with van der Waals surface area (Å²) in [5, 5.41) is 15.7. The lowest BCUT2D eigenvalue weighted by Gasteiger charge is -1.79. The van der Waals surface area contributed by atoms with Crippen molar-refractivity contribution in [2.75, 3.05) is 6.61 Å². The molecule has 66 valence electrons. The fourth-order valence-corrected chi connectivity index (χ4v) is 0.359. The molecule has 0 heterocycles. The maximum absolute atomic E-state index is 9.00. The molecule has 0 saturated heterocycles. The lowest BCUT2D eigenvalue weighted by Crippen LogP contribution is -1.78. The zero-order chi connectivity index (χ0) is 9.11. The number of carboxylic acids is 1. The third-order valence-corrected chi connectivity index (χ3v) is 0.698. The van der Waals surface area contributed by atoms with Crippen molar-refractivity contribution in [2.24, 2.45) is 0 Å². The number of hydrogen-bond donors (Lipinski definition) is 2. The van der Waals surface area contributed by atoms with Gasteiger partial charge < -0.3 is 10.2 Å². The lowest BCUT2D eigenvalue weighted by molar-refractivity contribution is -0.134.